The average Bonchev–Trinajstić information content (AvgIpc) is 3.06. The summed E-state index contributed by atoms with van der Waals surface area (Å²) in [5.41, 5.74) is 7.10. The van der Waals surface area contributed by atoms with Crippen molar-refractivity contribution in [1.29, 1.82) is 0 Å². The SMILES string of the molecule is CC(C)[C@H](N)C(=O)NCC(=O)N1CCCC1CCc1ccccc1. The molecular formula is C19H29N3O2. The monoisotopic (exact) mass is 331 g/mol. The molecule has 24 heavy (non-hydrogen) atoms. The fraction of sp³-hybridized carbons (Fsp3) is 0.579. The number of aryl methyl sites for hydroxylation is 1. The predicted molar refractivity (Wildman–Crippen MR) is 95.3 cm³/mol. The Balaban J connectivity index is 1.81. The van der Waals surface area contributed by atoms with Gasteiger partial charge < -0.3 is 16.0 Å². The van der Waals surface area contributed by atoms with E-state index in [9.17, 15) is 9.59 Å². The summed E-state index contributed by atoms with van der Waals surface area (Å²) in [4.78, 5) is 26.2. The normalized spacial score (nSPS) is 18.7. The summed E-state index contributed by atoms with van der Waals surface area (Å²) in [5, 5.41) is 2.68. The van der Waals surface area contributed by atoms with Crippen LogP contribution >= 0.6 is 0 Å². The number of rotatable bonds is 7. The van der Waals surface area contributed by atoms with E-state index >= 15 is 0 Å². The molecule has 2 atom stereocenters. The van der Waals surface area contributed by atoms with Crippen molar-refractivity contribution in [1.82, 2.24) is 10.2 Å². The number of nitrogens with one attached hydrogen (secondary N) is 1. The molecule has 5 heteroatoms. The Labute approximate surface area is 144 Å². The van der Waals surface area contributed by atoms with Crippen molar-refractivity contribution < 1.29 is 9.59 Å². The van der Waals surface area contributed by atoms with Gasteiger partial charge in [0, 0.05) is 12.6 Å². The molecule has 1 heterocycles. The van der Waals surface area contributed by atoms with Crippen molar-refractivity contribution in [3.63, 3.8) is 0 Å². The molecule has 0 radical (unpaired) electrons. The molecule has 2 amide bonds. The maximum Gasteiger partial charge on any atom is 0.242 e. The first-order valence-corrected chi connectivity index (χ1v) is 8.85. The van der Waals surface area contributed by atoms with Gasteiger partial charge in [-0.3, -0.25) is 9.59 Å². The van der Waals surface area contributed by atoms with Gasteiger partial charge >= 0.3 is 0 Å². The minimum absolute atomic E-state index is 0.00475. The minimum atomic E-state index is -0.565. The van der Waals surface area contributed by atoms with Gasteiger partial charge in [0.25, 0.3) is 0 Å². The van der Waals surface area contributed by atoms with Gasteiger partial charge in [-0.05, 0) is 37.2 Å². The van der Waals surface area contributed by atoms with E-state index < -0.39 is 6.04 Å². The first-order chi connectivity index (χ1) is 11.5. The summed E-state index contributed by atoms with van der Waals surface area (Å²) in [5.74, 6) is -0.196. The van der Waals surface area contributed by atoms with Crippen LogP contribution in [0, 0.1) is 5.92 Å². The molecule has 0 saturated carbocycles. The molecule has 1 aliphatic heterocycles. The maximum atomic E-state index is 12.4. The summed E-state index contributed by atoms with van der Waals surface area (Å²) in [6.07, 6.45) is 4.01. The number of hydrogen-bond donors (Lipinski definition) is 2. The number of benzene rings is 1. The average molecular weight is 331 g/mol. The lowest BCUT2D eigenvalue weighted by molar-refractivity contribution is -0.134. The Morgan fingerprint density at radius 1 is 1.29 bits per heavy atom. The van der Waals surface area contributed by atoms with Crippen molar-refractivity contribution in [3.05, 3.63) is 35.9 Å². The van der Waals surface area contributed by atoms with E-state index in [1.54, 1.807) is 0 Å². The van der Waals surface area contributed by atoms with Crippen LogP contribution in [0.2, 0.25) is 0 Å². The summed E-state index contributed by atoms with van der Waals surface area (Å²) >= 11 is 0. The number of carbonyl (C=O) groups excluding carboxylic acids is 2. The van der Waals surface area contributed by atoms with Gasteiger partial charge in [-0.1, -0.05) is 44.2 Å². The second kappa shape index (κ2) is 8.83. The first-order valence-electron chi connectivity index (χ1n) is 8.85. The third-order valence-electron chi connectivity index (χ3n) is 4.74. The van der Waals surface area contributed by atoms with Crippen molar-refractivity contribution in [2.24, 2.45) is 11.7 Å². The van der Waals surface area contributed by atoms with Crippen molar-refractivity contribution >= 4 is 11.8 Å². The number of nitrogens with zero attached hydrogens (tertiary/aromatic N) is 1. The summed E-state index contributed by atoms with van der Waals surface area (Å²) < 4.78 is 0. The molecule has 1 aliphatic rings. The summed E-state index contributed by atoms with van der Waals surface area (Å²) in [6.45, 7) is 4.61. The van der Waals surface area contributed by atoms with Crippen LogP contribution in [-0.4, -0.2) is 41.9 Å². The number of amides is 2. The zero-order valence-corrected chi connectivity index (χ0v) is 14.7. The smallest absolute Gasteiger partial charge is 0.242 e. The molecule has 0 aliphatic carbocycles. The summed E-state index contributed by atoms with van der Waals surface area (Å²) in [6, 6.07) is 10.0. The Morgan fingerprint density at radius 3 is 2.67 bits per heavy atom. The predicted octanol–water partition coefficient (Wildman–Crippen LogP) is 1.71. The number of likely N-dealkylation sites (tertiary alicyclic amines) is 1. The Kier molecular flexibility index (Phi) is 6.79. The molecule has 0 aromatic heterocycles. The highest BCUT2D eigenvalue weighted by atomic mass is 16.2. The van der Waals surface area contributed by atoms with Crippen LogP contribution in [0.3, 0.4) is 0 Å². The minimum Gasteiger partial charge on any atom is -0.346 e. The molecule has 2 rings (SSSR count). The van der Waals surface area contributed by atoms with Crippen molar-refractivity contribution in [3.8, 4) is 0 Å². The van der Waals surface area contributed by atoms with E-state index in [-0.39, 0.29) is 30.3 Å². The Morgan fingerprint density at radius 2 is 2.00 bits per heavy atom. The topological polar surface area (TPSA) is 75.4 Å². The zero-order chi connectivity index (χ0) is 17.5. The lowest BCUT2D eigenvalue weighted by Crippen LogP contribution is -2.48. The molecular weight excluding hydrogens is 302 g/mol. The highest BCUT2D eigenvalue weighted by Crippen LogP contribution is 2.21. The van der Waals surface area contributed by atoms with Crippen LogP contribution in [0.4, 0.5) is 0 Å². The third-order valence-corrected chi connectivity index (χ3v) is 4.74. The first kappa shape index (κ1) is 18.5. The van der Waals surface area contributed by atoms with Crippen molar-refractivity contribution in [2.75, 3.05) is 13.1 Å². The maximum absolute atomic E-state index is 12.4. The molecule has 0 bridgehead atoms. The number of nitrogens with two attached hydrogens (primary N) is 1. The van der Waals surface area contributed by atoms with E-state index in [0.717, 1.165) is 32.2 Å². The highest BCUT2D eigenvalue weighted by Gasteiger charge is 2.28. The third kappa shape index (κ3) is 5.06. The lowest BCUT2D eigenvalue weighted by atomic mass is 10.0. The molecule has 3 N–H and O–H groups in total. The van der Waals surface area contributed by atoms with Crippen LogP contribution in [0.15, 0.2) is 30.3 Å². The van der Waals surface area contributed by atoms with Gasteiger partial charge in [-0.2, -0.15) is 0 Å². The quantitative estimate of drug-likeness (QED) is 0.799. The molecule has 1 aromatic carbocycles. The van der Waals surface area contributed by atoms with Gasteiger partial charge in [-0.15, -0.1) is 0 Å². The van der Waals surface area contributed by atoms with Crippen LogP contribution < -0.4 is 11.1 Å². The largest absolute Gasteiger partial charge is 0.346 e. The summed E-state index contributed by atoms with van der Waals surface area (Å²) in [7, 11) is 0. The fourth-order valence-corrected chi connectivity index (χ4v) is 3.13. The molecule has 1 fully saturated rings. The van der Waals surface area contributed by atoms with Gasteiger partial charge in [0.2, 0.25) is 11.8 Å². The number of hydrogen-bond acceptors (Lipinski definition) is 3. The van der Waals surface area contributed by atoms with Crippen LogP contribution in [0.25, 0.3) is 0 Å². The van der Waals surface area contributed by atoms with E-state index in [0.29, 0.717) is 0 Å². The van der Waals surface area contributed by atoms with Crippen LogP contribution in [0.5, 0.6) is 0 Å². The molecule has 5 nitrogen and oxygen atoms in total. The van der Waals surface area contributed by atoms with Gasteiger partial charge in [-0.25, -0.2) is 0 Å². The number of carbonyl (C=O) groups is 2. The van der Waals surface area contributed by atoms with Gasteiger partial charge in [0.15, 0.2) is 0 Å². The fourth-order valence-electron chi connectivity index (χ4n) is 3.13. The Hall–Kier alpha value is -1.88. The zero-order valence-electron chi connectivity index (χ0n) is 14.7. The van der Waals surface area contributed by atoms with Gasteiger partial charge in [0.05, 0.1) is 12.6 Å². The standard InChI is InChI=1S/C19H29N3O2/c1-14(2)18(20)19(24)21-13-17(23)22-12-6-9-16(22)11-10-15-7-4-3-5-8-15/h3-5,7-8,14,16,18H,6,9-13,20H2,1-2H3,(H,21,24)/t16?,18-/m0/s1. The molecule has 132 valence electrons. The van der Waals surface area contributed by atoms with Crippen molar-refractivity contribution in [2.45, 2.75) is 51.6 Å². The van der Waals surface area contributed by atoms with Crippen LogP contribution in [-0.2, 0) is 16.0 Å². The van der Waals surface area contributed by atoms with Crippen LogP contribution in [0.1, 0.15) is 38.7 Å². The van der Waals surface area contributed by atoms with E-state index in [2.05, 4.69) is 17.4 Å². The second-order valence-corrected chi connectivity index (χ2v) is 6.90. The Bertz CT molecular complexity index is 545. The molecule has 1 unspecified atom stereocenters. The van der Waals surface area contributed by atoms with E-state index in [1.165, 1.54) is 5.56 Å². The lowest BCUT2D eigenvalue weighted by Gasteiger charge is -2.25. The second-order valence-electron chi connectivity index (χ2n) is 6.90. The van der Waals surface area contributed by atoms with Gasteiger partial charge in [0.1, 0.15) is 0 Å². The molecule has 1 aromatic rings. The molecule has 0 spiro atoms. The molecule has 1 saturated heterocycles. The van der Waals surface area contributed by atoms with E-state index in [1.807, 2.05) is 36.9 Å². The highest BCUT2D eigenvalue weighted by molar-refractivity contribution is 5.87. The van der Waals surface area contributed by atoms with E-state index in [4.69, 9.17) is 5.73 Å².